The van der Waals surface area contributed by atoms with Crippen LogP contribution in [0.25, 0.3) is 11.1 Å². The number of pyridine rings is 1. The molecule has 2 aromatic carbocycles. The number of anilines is 1. The van der Waals surface area contributed by atoms with Crippen LogP contribution in [0.3, 0.4) is 0 Å². The Morgan fingerprint density at radius 1 is 1.08 bits per heavy atom. The average Bonchev–Trinajstić information content (AvgIpc) is 2.65. The number of aromatic nitrogens is 1. The van der Waals surface area contributed by atoms with E-state index in [2.05, 4.69) is 14.0 Å². The van der Waals surface area contributed by atoms with Gasteiger partial charge in [0.05, 0.1) is 29.9 Å². The Morgan fingerprint density at radius 3 is 2.65 bits per heavy atom. The number of halogens is 1. The van der Waals surface area contributed by atoms with Gasteiger partial charge in [0.2, 0.25) is 0 Å². The fourth-order valence-electron chi connectivity index (χ4n) is 2.93. The van der Waals surface area contributed by atoms with Crippen molar-refractivity contribution in [1.29, 1.82) is 0 Å². The Kier molecular flexibility index (Phi) is 4.57. The van der Waals surface area contributed by atoms with Crippen molar-refractivity contribution in [2.24, 2.45) is 0 Å². The second-order valence-corrected chi connectivity index (χ2v) is 7.36. The van der Waals surface area contributed by atoms with Crippen molar-refractivity contribution in [3.63, 3.8) is 0 Å². The summed E-state index contributed by atoms with van der Waals surface area (Å²) in [5.41, 5.74) is 5.62. The lowest BCUT2D eigenvalue weighted by Gasteiger charge is -2.29. The third-order valence-electron chi connectivity index (χ3n) is 4.27. The van der Waals surface area contributed by atoms with E-state index >= 15 is 0 Å². The Labute approximate surface area is 161 Å². The van der Waals surface area contributed by atoms with Crippen LogP contribution in [0.1, 0.15) is 21.5 Å². The van der Waals surface area contributed by atoms with Crippen molar-refractivity contribution < 1.29 is 4.79 Å². The van der Waals surface area contributed by atoms with Gasteiger partial charge in [-0.15, -0.1) is 0 Å². The molecule has 0 saturated carbocycles. The fourth-order valence-corrected chi connectivity index (χ4v) is 4.05. The topological polar surface area (TPSA) is 45.2 Å². The van der Waals surface area contributed by atoms with Gasteiger partial charge in [-0.1, -0.05) is 29.8 Å². The van der Waals surface area contributed by atoms with Gasteiger partial charge in [0.15, 0.2) is 0 Å². The zero-order chi connectivity index (χ0) is 18.1. The number of nitrogens with zero attached hydrogens (tertiary/aromatic N) is 2. The van der Waals surface area contributed by atoms with Crippen molar-refractivity contribution in [2.75, 3.05) is 4.31 Å². The lowest BCUT2D eigenvalue weighted by molar-refractivity contribution is 0.0983. The van der Waals surface area contributed by atoms with Crippen LogP contribution in [-0.2, 0) is 6.54 Å². The zero-order valence-electron chi connectivity index (χ0n) is 14.1. The third kappa shape index (κ3) is 3.28. The molecule has 0 unspecified atom stereocenters. The highest BCUT2D eigenvalue weighted by Gasteiger charge is 2.24. The molecule has 0 saturated heterocycles. The number of fused-ring (bicyclic) bond motifs is 1. The van der Waals surface area contributed by atoms with Crippen molar-refractivity contribution in [3.05, 3.63) is 82.6 Å². The van der Waals surface area contributed by atoms with Crippen LogP contribution >= 0.6 is 23.7 Å². The average molecular weight is 382 g/mol. The zero-order valence-corrected chi connectivity index (χ0v) is 15.6. The van der Waals surface area contributed by atoms with Crippen molar-refractivity contribution >= 4 is 35.3 Å². The molecule has 1 aromatic heterocycles. The second-order valence-electron chi connectivity index (χ2n) is 6.13. The molecule has 0 bridgehead atoms. The maximum atomic E-state index is 12.4. The number of rotatable bonds is 3. The van der Waals surface area contributed by atoms with Crippen LogP contribution in [0.15, 0.2) is 60.9 Å². The number of carbonyl (C=O) groups is 1. The Hall–Kier alpha value is -2.50. The summed E-state index contributed by atoms with van der Waals surface area (Å²) in [4.78, 5) is 16.5. The molecule has 1 aliphatic heterocycles. The molecule has 3 aromatic rings. The summed E-state index contributed by atoms with van der Waals surface area (Å²) >= 11 is 7.70. The predicted octanol–water partition coefficient (Wildman–Crippen LogP) is 5.02. The molecule has 4 nitrogen and oxygen atoms in total. The second kappa shape index (κ2) is 7.02. The van der Waals surface area contributed by atoms with Crippen LogP contribution in [0.2, 0.25) is 5.02 Å². The number of nitrogens with one attached hydrogen (secondary N) is 1. The summed E-state index contributed by atoms with van der Waals surface area (Å²) in [6.45, 7) is 2.68. The van der Waals surface area contributed by atoms with Crippen molar-refractivity contribution in [3.8, 4) is 11.1 Å². The Bertz CT molecular complexity index is 978. The molecule has 0 spiro atoms. The minimum absolute atomic E-state index is 0.0962. The maximum absolute atomic E-state index is 12.4. The molecule has 6 heteroatoms. The van der Waals surface area contributed by atoms with E-state index < -0.39 is 0 Å². The smallest absolute Gasteiger partial charge is 0.264 e. The Morgan fingerprint density at radius 2 is 1.88 bits per heavy atom. The molecule has 0 aliphatic carbocycles. The molecule has 26 heavy (non-hydrogen) atoms. The van der Waals surface area contributed by atoms with Gasteiger partial charge in [0, 0.05) is 23.0 Å². The SMILES string of the molecule is Cc1ccc(-c2ccc3c(c2)C(=O)NSN3Cc2ccncc2)c(Cl)c1. The molecule has 130 valence electrons. The van der Waals surface area contributed by atoms with E-state index in [1.54, 1.807) is 12.4 Å². The first-order valence-corrected chi connectivity index (χ1v) is 9.31. The predicted molar refractivity (Wildman–Crippen MR) is 107 cm³/mol. The van der Waals surface area contributed by atoms with E-state index in [-0.39, 0.29) is 5.91 Å². The fraction of sp³-hybridized carbons (Fsp3) is 0.100. The third-order valence-corrected chi connectivity index (χ3v) is 5.41. The molecular weight excluding hydrogens is 366 g/mol. The van der Waals surface area contributed by atoms with Gasteiger partial charge in [-0.2, -0.15) is 0 Å². The summed E-state index contributed by atoms with van der Waals surface area (Å²) in [6.07, 6.45) is 3.54. The van der Waals surface area contributed by atoms with Crippen LogP contribution < -0.4 is 9.03 Å². The minimum Gasteiger partial charge on any atom is -0.293 e. The van der Waals surface area contributed by atoms with E-state index in [1.807, 2.05) is 55.5 Å². The summed E-state index contributed by atoms with van der Waals surface area (Å²) in [6, 6.07) is 15.8. The molecule has 4 rings (SSSR count). The first-order valence-electron chi connectivity index (χ1n) is 8.16. The van der Waals surface area contributed by atoms with E-state index in [9.17, 15) is 4.79 Å². The van der Waals surface area contributed by atoms with Crippen LogP contribution in [0.5, 0.6) is 0 Å². The highest BCUT2D eigenvalue weighted by molar-refractivity contribution is 7.99. The van der Waals surface area contributed by atoms with Crippen LogP contribution in [0.4, 0.5) is 5.69 Å². The van der Waals surface area contributed by atoms with Gasteiger partial charge >= 0.3 is 0 Å². The van der Waals surface area contributed by atoms with Gasteiger partial charge < -0.3 is 0 Å². The monoisotopic (exact) mass is 381 g/mol. The number of hydrogen-bond acceptors (Lipinski definition) is 4. The van der Waals surface area contributed by atoms with E-state index in [0.717, 1.165) is 27.9 Å². The van der Waals surface area contributed by atoms with Crippen LogP contribution in [-0.4, -0.2) is 10.9 Å². The van der Waals surface area contributed by atoms with E-state index in [4.69, 9.17) is 11.6 Å². The number of carbonyl (C=O) groups excluding carboxylic acids is 1. The van der Waals surface area contributed by atoms with Gasteiger partial charge in [-0.05, 0) is 53.9 Å². The highest BCUT2D eigenvalue weighted by Crippen LogP contribution is 2.36. The normalized spacial score (nSPS) is 13.3. The molecule has 0 atom stereocenters. The quantitative estimate of drug-likeness (QED) is 0.647. The summed E-state index contributed by atoms with van der Waals surface area (Å²) in [7, 11) is 0. The number of benzene rings is 2. The van der Waals surface area contributed by atoms with E-state index in [0.29, 0.717) is 17.1 Å². The minimum atomic E-state index is -0.0962. The Balaban J connectivity index is 1.71. The summed E-state index contributed by atoms with van der Waals surface area (Å²) in [5, 5.41) is 0.684. The van der Waals surface area contributed by atoms with Crippen molar-refractivity contribution in [1.82, 2.24) is 9.71 Å². The van der Waals surface area contributed by atoms with Gasteiger partial charge in [0.25, 0.3) is 5.91 Å². The molecular formula is C20H16ClN3OS. The maximum Gasteiger partial charge on any atom is 0.264 e. The molecule has 1 aliphatic rings. The number of hydrogen-bond donors (Lipinski definition) is 1. The molecule has 0 fully saturated rings. The number of aryl methyl sites for hydroxylation is 1. The first-order chi connectivity index (χ1) is 12.6. The molecule has 2 heterocycles. The molecule has 0 radical (unpaired) electrons. The highest BCUT2D eigenvalue weighted by atomic mass is 35.5. The van der Waals surface area contributed by atoms with Crippen molar-refractivity contribution in [2.45, 2.75) is 13.5 Å². The largest absolute Gasteiger partial charge is 0.293 e. The summed E-state index contributed by atoms with van der Waals surface area (Å²) < 4.78 is 4.93. The van der Waals surface area contributed by atoms with Gasteiger partial charge in [0.1, 0.15) is 0 Å². The molecule has 1 N–H and O–H groups in total. The number of amides is 1. The van der Waals surface area contributed by atoms with Gasteiger partial charge in [-0.3, -0.25) is 18.8 Å². The summed E-state index contributed by atoms with van der Waals surface area (Å²) in [5.74, 6) is -0.0962. The van der Waals surface area contributed by atoms with Crippen LogP contribution in [0, 0.1) is 6.92 Å². The van der Waals surface area contributed by atoms with Gasteiger partial charge in [-0.25, -0.2) is 0 Å². The first kappa shape index (κ1) is 16.9. The molecule has 1 amide bonds. The lowest BCUT2D eigenvalue weighted by atomic mass is 10.00. The standard InChI is InChI=1S/C20H16ClN3OS/c1-13-2-4-16(18(21)10-13)15-3-5-19-17(11-15)20(25)23-26-24(19)12-14-6-8-22-9-7-14/h2-11H,12H2,1H3,(H,23,25). The van der Waals surface area contributed by atoms with E-state index in [1.165, 1.54) is 12.1 Å². The lowest BCUT2D eigenvalue weighted by Crippen LogP contribution is -2.32.